The molecule has 0 radical (unpaired) electrons. The fourth-order valence-corrected chi connectivity index (χ4v) is 2.26. The zero-order valence-electron chi connectivity index (χ0n) is 12.9. The maximum atomic E-state index is 4.67. The summed E-state index contributed by atoms with van der Waals surface area (Å²) in [6.45, 7) is 10.7. The van der Waals surface area contributed by atoms with Crippen LogP contribution in [0.2, 0.25) is 0 Å². The molecule has 1 N–H and O–H groups in total. The Hall–Kier alpha value is -1.61. The molecular weight excluding hydrogens is 246 g/mol. The summed E-state index contributed by atoms with van der Waals surface area (Å²) in [6, 6.07) is 10.6. The Morgan fingerprint density at radius 1 is 1.10 bits per heavy atom. The number of aromatic nitrogens is 2. The molecule has 2 rings (SSSR count). The number of benzene rings is 1. The summed E-state index contributed by atoms with van der Waals surface area (Å²) < 4.78 is 1.99. The molecule has 0 saturated heterocycles. The van der Waals surface area contributed by atoms with Crippen molar-refractivity contribution < 1.29 is 0 Å². The SMILES string of the molecule is CC(C)CNCc1ccn(-c2ccccc2C(C)C)n1. The first kappa shape index (κ1) is 14.8. The molecule has 0 spiro atoms. The molecule has 3 heteroatoms. The van der Waals surface area contributed by atoms with Crippen molar-refractivity contribution in [1.29, 1.82) is 0 Å². The Kier molecular flexibility index (Phi) is 4.96. The zero-order valence-corrected chi connectivity index (χ0v) is 12.9. The average Bonchev–Trinajstić information content (AvgIpc) is 2.87. The highest BCUT2D eigenvalue weighted by atomic mass is 15.3. The smallest absolute Gasteiger partial charge is 0.0766 e. The summed E-state index contributed by atoms with van der Waals surface area (Å²) >= 11 is 0. The second-order valence-electron chi connectivity index (χ2n) is 5.99. The van der Waals surface area contributed by atoms with Gasteiger partial charge in [0.25, 0.3) is 0 Å². The molecule has 3 nitrogen and oxygen atoms in total. The fourth-order valence-electron chi connectivity index (χ4n) is 2.26. The summed E-state index contributed by atoms with van der Waals surface area (Å²) in [6.07, 6.45) is 2.05. The lowest BCUT2D eigenvalue weighted by Crippen LogP contribution is -2.19. The molecule has 0 unspecified atom stereocenters. The normalized spacial score (nSPS) is 11.5. The third kappa shape index (κ3) is 3.70. The standard InChI is InChI=1S/C17H25N3/c1-13(2)11-18-12-15-9-10-20(19-15)17-8-6-5-7-16(17)14(3)4/h5-10,13-14,18H,11-12H2,1-4H3. The van der Waals surface area contributed by atoms with Crippen LogP contribution in [0.1, 0.15) is 44.9 Å². The predicted octanol–water partition coefficient (Wildman–Crippen LogP) is 3.74. The molecule has 1 aromatic carbocycles. The molecular formula is C17H25N3. The largest absolute Gasteiger partial charge is 0.311 e. The highest BCUT2D eigenvalue weighted by molar-refractivity contribution is 5.42. The zero-order chi connectivity index (χ0) is 14.5. The van der Waals surface area contributed by atoms with Crippen LogP contribution in [-0.2, 0) is 6.54 Å². The van der Waals surface area contributed by atoms with Crippen LogP contribution < -0.4 is 5.32 Å². The van der Waals surface area contributed by atoms with E-state index in [0.717, 1.165) is 18.8 Å². The molecule has 108 valence electrons. The Morgan fingerprint density at radius 2 is 1.85 bits per heavy atom. The van der Waals surface area contributed by atoms with Crippen LogP contribution in [0.4, 0.5) is 0 Å². The first-order chi connectivity index (χ1) is 9.58. The van der Waals surface area contributed by atoms with E-state index in [1.54, 1.807) is 0 Å². The van der Waals surface area contributed by atoms with E-state index in [1.807, 2.05) is 10.9 Å². The maximum absolute atomic E-state index is 4.67. The summed E-state index contributed by atoms with van der Waals surface area (Å²) in [5.74, 6) is 1.16. The number of nitrogens with one attached hydrogen (secondary N) is 1. The lowest BCUT2D eigenvalue weighted by atomic mass is 10.0. The lowest BCUT2D eigenvalue weighted by Gasteiger charge is -2.12. The number of hydrogen-bond acceptors (Lipinski definition) is 2. The Labute approximate surface area is 122 Å². The van der Waals surface area contributed by atoms with Crippen molar-refractivity contribution in [3.05, 3.63) is 47.8 Å². The molecule has 1 heterocycles. The molecule has 0 fully saturated rings. The Morgan fingerprint density at radius 3 is 2.55 bits per heavy atom. The molecule has 0 aliphatic carbocycles. The molecule has 0 atom stereocenters. The predicted molar refractivity (Wildman–Crippen MR) is 84.2 cm³/mol. The van der Waals surface area contributed by atoms with E-state index in [9.17, 15) is 0 Å². The lowest BCUT2D eigenvalue weighted by molar-refractivity contribution is 0.546. The van der Waals surface area contributed by atoms with Crippen LogP contribution in [0.25, 0.3) is 5.69 Å². The van der Waals surface area contributed by atoms with Gasteiger partial charge in [-0.2, -0.15) is 5.10 Å². The van der Waals surface area contributed by atoms with Gasteiger partial charge in [0.2, 0.25) is 0 Å². The molecule has 0 bridgehead atoms. The number of hydrogen-bond donors (Lipinski definition) is 1. The molecule has 1 aromatic heterocycles. The van der Waals surface area contributed by atoms with E-state index in [1.165, 1.54) is 11.3 Å². The van der Waals surface area contributed by atoms with Gasteiger partial charge in [0.1, 0.15) is 0 Å². The van der Waals surface area contributed by atoms with Gasteiger partial charge in [-0.05, 0) is 36.1 Å². The van der Waals surface area contributed by atoms with E-state index >= 15 is 0 Å². The first-order valence-corrected chi connectivity index (χ1v) is 7.42. The summed E-state index contributed by atoms with van der Waals surface area (Å²) in [5.41, 5.74) is 3.60. The Balaban J connectivity index is 2.13. The van der Waals surface area contributed by atoms with Crippen LogP contribution in [0.15, 0.2) is 36.5 Å². The quantitative estimate of drug-likeness (QED) is 0.867. The van der Waals surface area contributed by atoms with Gasteiger partial charge in [-0.25, -0.2) is 4.68 Å². The minimum Gasteiger partial charge on any atom is -0.311 e. The van der Waals surface area contributed by atoms with Crippen LogP contribution in [0.3, 0.4) is 0 Å². The molecule has 0 amide bonds. The van der Waals surface area contributed by atoms with E-state index in [0.29, 0.717) is 11.8 Å². The van der Waals surface area contributed by atoms with Gasteiger partial charge in [-0.15, -0.1) is 0 Å². The van der Waals surface area contributed by atoms with Gasteiger partial charge in [0.15, 0.2) is 0 Å². The minimum atomic E-state index is 0.498. The van der Waals surface area contributed by atoms with E-state index in [2.05, 4.69) is 68.4 Å². The van der Waals surface area contributed by atoms with E-state index in [-0.39, 0.29) is 0 Å². The highest BCUT2D eigenvalue weighted by Gasteiger charge is 2.08. The van der Waals surface area contributed by atoms with Gasteiger partial charge in [0.05, 0.1) is 11.4 Å². The molecule has 0 aliphatic rings. The van der Waals surface area contributed by atoms with Crippen molar-refractivity contribution in [2.75, 3.05) is 6.54 Å². The fraction of sp³-hybridized carbons (Fsp3) is 0.471. The van der Waals surface area contributed by atoms with Crippen molar-refractivity contribution >= 4 is 0 Å². The van der Waals surface area contributed by atoms with Gasteiger partial charge in [0, 0.05) is 12.7 Å². The van der Waals surface area contributed by atoms with Crippen molar-refractivity contribution in [3.63, 3.8) is 0 Å². The van der Waals surface area contributed by atoms with Gasteiger partial charge >= 0.3 is 0 Å². The summed E-state index contributed by atoms with van der Waals surface area (Å²) in [5, 5.41) is 8.10. The third-order valence-electron chi connectivity index (χ3n) is 3.31. The first-order valence-electron chi connectivity index (χ1n) is 7.42. The van der Waals surface area contributed by atoms with Crippen molar-refractivity contribution in [2.24, 2.45) is 5.92 Å². The molecule has 0 saturated carbocycles. The molecule has 20 heavy (non-hydrogen) atoms. The van der Waals surface area contributed by atoms with Crippen molar-refractivity contribution in [2.45, 2.75) is 40.2 Å². The van der Waals surface area contributed by atoms with Crippen molar-refractivity contribution in [3.8, 4) is 5.69 Å². The molecule has 0 aliphatic heterocycles. The topological polar surface area (TPSA) is 29.9 Å². The van der Waals surface area contributed by atoms with Crippen molar-refractivity contribution in [1.82, 2.24) is 15.1 Å². The van der Waals surface area contributed by atoms with Crippen LogP contribution in [0.5, 0.6) is 0 Å². The number of nitrogens with zero attached hydrogens (tertiary/aromatic N) is 2. The van der Waals surface area contributed by atoms with Crippen LogP contribution >= 0.6 is 0 Å². The third-order valence-corrected chi connectivity index (χ3v) is 3.31. The van der Waals surface area contributed by atoms with Crippen LogP contribution in [-0.4, -0.2) is 16.3 Å². The maximum Gasteiger partial charge on any atom is 0.0766 e. The second kappa shape index (κ2) is 6.71. The minimum absolute atomic E-state index is 0.498. The second-order valence-corrected chi connectivity index (χ2v) is 5.99. The summed E-state index contributed by atoms with van der Waals surface area (Å²) in [7, 11) is 0. The monoisotopic (exact) mass is 271 g/mol. The van der Waals surface area contributed by atoms with Gasteiger partial charge in [-0.3, -0.25) is 0 Å². The van der Waals surface area contributed by atoms with Gasteiger partial charge in [-0.1, -0.05) is 45.9 Å². The van der Waals surface area contributed by atoms with Crippen LogP contribution in [0, 0.1) is 5.92 Å². The number of rotatable bonds is 6. The van der Waals surface area contributed by atoms with E-state index in [4.69, 9.17) is 0 Å². The van der Waals surface area contributed by atoms with Gasteiger partial charge < -0.3 is 5.32 Å². The highest BCUT2D eigenvalue weighted by Crippen LogP contribution is 2.22. The van der Waals surface area contributed by atoms with E-state index < -0.39 is 0 Å². The Bertz CT molecular complexity index is 541. The number of para-hydroxylation sites is 1. The average molecular weight is 271 g/mol. The molecule has 2 aromatic rings. The summed E-state index contributed by atoms with van der Waals surface area (Å²) in [4.78, 5) is 0.